The Hall–Kier alpha value is -5.11. The van der Waals surface area contributed by atoms with Crippen LogP contribution in [0.15, 0.2) is 85.2 Å². The predicted octanol–water partition coefficient (Wildman–Crippen LogP) is 6.47. The van der Waals surface area contributed by atoms with Crippen molar-refractivity contribution in [3.05, 3.63) is 113 Å². The van der Waals surface area contributed by atoms with E-state index in [9.17, 15) is 0 Å². The summed E-state index contributed by atoms with van der Waals surface area (Å²) < 4.78 is 25.5. The van der Waals surface area contributed by atoms with Crippen molar-refractivity contribution in [1.29, 1.82) is 0 Å². The number of hydrogen-bond donors (Lipinski definition) is 0. The molecule has 8 nitrogen and oxygen atoms in total. The van der Waals surface area contributed by atoms with Crippen LogP contribution in [0.3, 0.4) is 0 Å². The molecule has 1 unspecified atom stereocenters. The first-order chi connectivity index (χ1) is 19.6. The third kappa shape index (κ3) is 3.88. The summed E-state index contributed by atoms with van der Waals surface area (Å²) in [5, 5.41) is 6.79. The Balaban J connectivity index is 1.40. The van der Waals surface area contributed by atoms with E-state index in [2.05, 4.69) is 29.4 Å². The van der Waals surface area contributed by atoms with Crippen LogP contribution in [0.25, 0.3) is 16.4 Å². The molecule has 0 aliphatic carbocycles. The largest absolute Gasteiger partial charge is 0.493 e. The van der Waals surface area contributed by atoms with Crippen molar-refractivity contribution in [2.24, 2.45) is 0 Å². The summed E-state index contributed by atoms with van der Waals surface area (Å²) in [6, 6.07) is 26.3. The van der Waals surface area contributed by atoms with Gasteiger partial charge in [-0.3, -0.25) is 0 Å². The SMILES string of the molecule is COc1ccc(C2c3ccc4ccccc4c3Oc3ncn4nc(COc5ccccc5C)nc4c32)cc1OC. The van der Waals surface area contributed by atoms with Gasteiger partial charge in [0.05, 0.1) is 19.8 Å². The van der Waals surface area contributed by atoms with Crippen molar-refractivity contribution in [2.45, 2.75) is 19.4 Å². The fourth-order valence-electron chi connectivity index (χ4n) is 5.39. The highest BCUT2D eigenvalue weighted by Gasteiger charge is 2.34. The fraction of sp³-hybridized carbons (Fsp3) is 0.156. The highest BCUT2D eigenvalue weighted by atomic mass is 16.5. The van der Waals surface area contributed by atoms with Gasteiger partial charge in [-0.25, -0.2) is 14.5 Å². The molecule has 0 saturated carbocycles. The molecule has 0 radical (unpaired) electrons. The Morgan fingerprint density at radius 2 is 1.70 bits per heavy atom. The van der Waals surface area contributed by atoms with Gasteiger partial charge in [-0.05, 0) is 41.6 Å². The minimum Gasteiger partial charge on any atom is -0.493 e. The number of methoxy groups -OCH3 is 2. The molecular weight excluding hydrogens is 504 g/mol. The van der Waals surface area contributed by atoms with E-state index in [1.54, 1.807) is 25.1 Å². The van der Waals surface area contributed by atoms with Crippen molar-refractivity contribution >= 4 is 16.4 Å². The summed E-state index contributed by atoms with van der Waals surface area (Å²) in [4.78, 5) is 9.60. The van der Waals surface area contributed by atoms with E-state index in [1.165, 1.54) is 0 Å². The first kappa shape index (κ1) is 24.0. The molecule has 6 aromatic rings. The Labute approximate surface area is 230 Å². The van der Waals surface area contributed by atoms with E-state index in [-0.39, 0.29) is 12.5 Å². The predicted molar refractivity (Wildman–Crippen MR) is 151 cm³/mol. The lowest BCUT2D eigenvalue weighted by Gasteiger charge is -2.29. The molecule has 40 heavy (non-hydrogen) atoms. The number of aryl methyl sites for hydroxylation is 1. The van der Waals surface area contributed by atoms with Crippen LogP contribution in [-0.4, -0.2) is 33.8 Å². The molecule has 4 aromatic carbocycles. The van der Waals surface area contributed by atoms with Gasteiger partial charge in [0.15, 0.2) is 23.0 Å². The zero-order chi connectivity index (χ0) is 27.2. The fourth-order valence-corrected chi connectivity index (χ4v) is 5.39. The maximum Gasteiger partial charge on any atom is 0.228 e. The molecule has 3 heterocycles. The minimum absolute atomic E-state index is 0.227. The van der Waals surface area contributed by atoms with Gasteiger partial charge >= 0.3 is 0 Å². The highest BCUT2D eigenvalue weighted by molar-refractivity contribution is 5.91. The van der Waals surface area contributed by atoms with E-state index in [4.69, 9.17) is 28.9 Å². The van der Waals surface area contributed by atoms with E-state index in [1.807, 2.05) is 61.5 Å². The van der Waals surface area contributed by atoms with Crippen molar-refractivity contribution in [3.63, 3.8) is 0 Å². The van der Waals surface area contributed by atoms with Crippen LogP contribution < -0.4 is 18.9 Å². The molecule has 0 spiro atoms. The first-order valence-corrected chi connectivity index (χ1v) is 13.0. The second-order valence-electron chi connectivity index (χ2n) is 9.67. The molecule has 1 aliphatic heterocycles. The van der Waals surface area contributed by atoms with Gasteiger partial charge in [0.1, 0.15) is 24.4 Å². The lowest BCUT2D eigenvalue weighted by Crippen LogP contribution is -2.15. The van der Waals surface area contributed by atoms with Crippen LogP contribution in [0.2, 0.25) is 0 Å². The number of fused-ring (bicyclic) bond motifs is 6. The number of nitrogens with zero attached hydrogens (tertiary/aromatic N) is 4. The van der Waals surface area contributed by atoms with Crippen molar-refractivity contribution < 1.29 is 18.9 Å². The number of para-hydroxylation sites is 1. The van der Waals surface area contributed by atoms with E-state index < -0.39 is 0 Å². The van der Waals surface area contributed by atoms with Crippen LogP contribution in [0, 0.1) is 6.92 Å². The maximum atomic E-state index is 6.53. The molecule has 1 atom stereocenters. The Morgan fingerprint density at radius 1 is 0.875 bits per heavy atom. The summed E-state index contributed by atoms with van der Waals surface area (Å²) in [6.45, 7) is 2.24. The Morgan fingerprint density at radius 3 is 2.55 bits per heavy atom. The second kappa shape index (κ2) is 9.57. The highest BCUT2D eigenvalue weighted by Crippen LogP contribution is 2.51. The zero-order valence-electron chi connectivity index (χ0n) is 22.3. The smallest absolute Gasteiger partial charge is 0.228 e. The normalized spacial score (nSPS) is 13.9. The number of benzene rings is 4. The average molecular weight is 531 g/mol. The molecular formula is C32H26N4O4. The van der Waals surface area contributed by atoms with Crippen molar-refractivity contribution in [3.8, 4) is 28.9 Å². The third-order valence-electron chi connectivity index (χ3n) is 7.33. The molecule has 8 heteroatoms. The Bertz CT molecular complexity index is 1900. The van der Waals surface area contributed by atoms with E-state index in [0.29, 0.717) is 28.9 Å². The van der Waals surface area contributed by atoms with Gasteiger partial charge in [0.25, 0.3) is 0 Å². The van der Waals surface area contributed by atoms with Gasteiger partial charge in [-0.15, -0.1) is 5.10 Å². The van der Waals surface area contributed by atoms with Gasteiger partial charge in [-0.2, -0.15) is 0 Å². The van der Waals surface area contributed by atoms with Crippen molar-refractivity contribution in [1.82, 2.24) is 19.6 Å². The molecule has 1 aliphatic rings. The standard InChI is InChI=1S/C32H26N4O4/c1-19-8-4-7-11-24(19)39-17-27-34-31-29-28(21-13-15-25(37-2)26(16-21)38-3)23-14-12-20-9-5-6-10-22(20)30(23)40-32(29)33-18-36(31)35-27/h4-16,18,28H,17H2,1-3H3. The number of aromatic nitrogens is 4. The molecule has 0 saturated heterocycles. The van der Waals surface area contributed by atoms with Gasteiger partial charge in [0, 0.05) is 16.9 Å². The molecule has 198 valence electrons. The summed E-state index contributed by atoms with van der Waals surface area (Å²) in [5.74, 6) is 3.69. The van der Waals surface area contributed by atoms with Gasteiger partial charge in [-0.1, -0.05) is 60.7 Å². The van der Waals surface area contributed by atoms with Crippen LogP contribution in [0.1, 0.15) is 34.0 Å². The molecule has 0 amide bonds. The lowest BCUT2D eigenvalue weighted by molar-refractivity contribution is 0.294. The summed E-state index contributed by atoms with van der Waals surface area (Å²) in [6.07, 6.45) is 1.64. The average Bonchev–Trinajstić information content (AvgIpc) is 3.42. The van der Waals surface area contributed by atoms with Crippen LogP contribution in [0.5, 0.6) is 28.9 Å². The molecule has 2 aromatic heterocycles. The first-order valence-electron chi connectivity index (χ1n) is 13.0. The summed E-state index contributed by atoms with van der Waals surface area (Å²) in [5.41, 5.74) is 4.54. The monoisotopic (exact) mass is 530 g/mol. The van der Waals surface area contributed by atoms with Crippen molar-refractivity contribution in [2.75, 3.05) is 14.2 Å². The minimum atomic E-state index is -0.242. The second-order valence-corrected chi connectivity index (χ2v) is 9.67. The van der Waals surface area contributed by atoms with E-state index in [0.717, 1.165) is 44.5 Å². The molecule has 0 N–H and O–H groups in total. The van der Waals surface area contributed by atoms with Gasteiger partial charge < -0.3 is 18.9 Å². The topological polar surface area (TPSA) is 80.0 Å². The number of ether oxygens (including phenoxy) is 4. The maximum absolute atomic E-state index is 6.53. The zero-order valence-corrected chi connectivity index (χ0v) is 22.3. The van der Waals surface area contributed by atoms with Gasteiger partial charge in [0.2, 0.25) is 5.88 Å². The molecule has 0 fully saturated rings. The van der Waals surface area contributed by atoms with E-state index >= 15 is 0 Å². The van der Waals surface area contributed by atoms with Crippen LogP contribution >= 0.6 is 0 Å². The molecule has 0 bridgehead atoms. The van der Waals surface area contributed by atoms with Crippen LogP contribution in [0.4, 0.5) is 0 Å². The number of rotatable bonds is 6. The molecule has 7 rings (SSSR count). The summed E-state index contributed by atoms with van der Waals surface area (Å²) >= 11 is 0. The van der Waals surface area contributed by atoms with Crippen LogP contribution in [-0.2, 0) is 6.61 Å². The summed E-state index contributed by atoms with van der Waals surface area (Å²) in [7, 11) is 3.27. The Kier molecular flexibility index (Phi) is 5.73. The quantitative estimate of drug-likeness (QED) is 0.244. The lowest BCUT2D eigenvalue weighted by atomic mass is 9.82. The third-order valence-corrected chi connectivity index (χ3v) is 7.33. The number of hydrogen-bond acceptors (Lipinski definition) is 7.